The molecule has 0 aliphatic carbocycles. The topological polar surface area (TPSA) is 38.3 Å². The maximum atomic E-state index is 12.0. The summed E-state index contributed by atoms with van der Waals surface area (Å²) in [5, 5.41) is 3.30. The van der Waals surface area contributed by atoms with Gasteiger partial charge in [-0.2, -0.15) is 0 Å². The first-order valence-electron chi connectivity index (χ1n) is 6.42. The number of benzene rings is 2. The Hall–Kier alpha value is -1.65. The largest absolute Gasteiger partial charge is 0.495 e. The van der Waals surface area contributed by atoms with Crippen LogP contribution in [0.4, 0.5) is 5.69 Å². The van der Waals surface area contributed by atoms with E-state index in [1.165, 1.54) is 17.3 Å². The number of aryl methyl sites for hydroxylation is 1. The first kappa shape index (κ1) is 15.7. The van der Waals surface area contributed by atoms with Crippen molar-refractivity contribution < 1.29 is 9.53 Å². The molecular formula is C16H16ClNO2S. The smallest absolute Gasteiger partial charge is 0.234 e. The Morgan fingerprint density at radius 1 is 1.29 bits per heavy atom. The molecule has 0 atom stereocenters. The molecule has 2 rings (SSSR count). The Morgan fingerprint density at radius 2 is 2.05 bits per heavy atom. The van der Waals surface area contributed by atoms with Gasteiger partial charge in [-0.1, -0.05) is 29.8 Å². The number of rotatable bonds is 5. The van der Waals surface area contributed by atoms with Crippen LogP contribution in [-0.2, 0) is 4.79 Å². The van der Waals surface area contributed by atoms with E-state index in [4.69, 9.17) is 16.3 Å². The normalized spacial score (nSPS) is 10.2. The first-order valence-corrected chi connectivity index (χ1v) is 7.78. The molecule has 21 heavy (non-hydrogen) atoms. The van der Waals surface area contributed by atoms with Crippen molar-refractivity contribution in [3.63, 3.8) is 0 Å². The van der Waals surface area contributed by atoms with Crippen molar-refractivity contribution >= 4 is 35.0 Å². The molecule has 2 aromatic carbocycles. The number of thioether (sulfide) groups is 1. The van der Waals surface area contributed by atoms with Gasteiger partial charge in [-0.15, -0.1) is 11.8 Å². The molecule has 110 valence electrons. The minimum Gasteiger partial charge on any atom is -0.495 e. The second-order valence-electron chi connectivity index (χ2n) is 4.45. The van der Waals surface area contributed by atoms with Crippen LogP contribution in [0.1, 0.15) is 5.56 Å². The van der Waals surface area contributed by atoms with Gasteiger partial charge in [0.25, 0.3) is 0 Å². The lowest BCUT2D eigenvalue weighted by Crippen LogP contribution is -2.14. The summed E-state index contributed by atoms with van der Waals surface area (Å²) in [4.78, 5) is 13.1. The van der Waals surface area contributed by atoms with Gasteiger partial charge < -0.3 is 10.1 Å². The summed E-state index contributed by atoms with van der Waals surface area (Å²) in [5.74, 6) is 0.877. The summed E-state index contributed by atoms with van der Waals surface area (Å²) in [6, 6.07) is 13.2. The molecule has 0 unspecified atom stereocenters. The van der Waals surface area contributed by atoms with Crippen LogP contribution in [0, 0.1) is 6.92 Å². The van der Waals surface area contributed by atoms with E-state index in [1.807, 2.05) is 31.2 Å². The third kappa shape index (κ3) is 4.41. The molecule has 1 N–H and O–H groups in total. The summed E-state index contributed by atoms with van der Waals surface area (Å²) >= 11 is 7.54. The average molecular weight is 322 g/mol. The van der Waals surface area contributed by atoms with Crippen LogP contribution in [0.5, 0.6) is 5.75 Å². The molecule has 0 aromatic heterocycles. The van der Waals surface area contributed by atoms with Gasteiger partial charge in [0.05, 0.1) is 17.9 Å². The molecule has 0 radical (unpaired) electrons. The number of hydrogen-bond acceptors (Lipinski definition) is 3. The lowest BCUT2D eigenvalue weighted by molar-refractivity contribution is -0.113. The second-order valence-corrected chi connectivity index (χ2v) is 5.88. The number of hydrogen-bond donors (Lipinski definition) is 1. The van der Waals surface area contributed by atoms with Crippen molar-refractivity contribution in [2.24, 2.45) is 0 Å². The number of ether oxygens (including phenoxy) is 1. The molecular weight excluding hydrogens is 306 g/mol. The van der Waals surface area contributed by atoms with Gasteiger partial charge in [0.1, 0.15) is 5.75 Å². The molecule has 0 aliphatic heterocycles. The molecule has 0 saturated carbocycles. The summed E-state index contributed by atoms with van der Waals surface area (Å²) < 4.78 is 5.07. The lowest BCUT2D eigenvalue weighted by Gasteiger charge is -2.08. The summed E-state index contributed by atoms with van der Waals surface area (Å²) in [6.45, 7) is 2.03. The van der Waals surface area contributed by atoms with Crippen LogP contribution in [0.3, 0.4) is 0 Å². The van der Waals surface area contributed by atoms with E-state index >= 15 is 0 Å². The highest BCUT2D eigenvalue weighted by molar-refractivity contribution is 8.00. The fourth-order valence-corrected chi connectivity index (χ4v) is 2.89. The summed E-state index contributed by atoms with van der Waals surface area (Å²) in [6.07, 6.45) is 0. The maximum absolute atomic E-state index is 12.0. The van der Waals surface area contributed by atoms with Crippen LogP contribution < -0.4 is 10.1 Å². The lowest BCUT2D eigenvalue weighted by atomic mass is 10.2. The monoisotopic (exact) mass is 321 g/mol. The molecule has 0 spiro atoms. The van der Waals surface area contributed by atoms with Crippen molar-refractivity contribution in [1.29, 1.82) is 0 Å². The molecule has 0 aliphatic rings. The van der Waals surface area contributed by atoms with Crippen molar-refractivity contribution in [2.45, 2.75) is 11.8 Å². The van der Waals surface area contributed by atoms with Crippen molar-refractivity contribution in [1.82, 2.24) is 0 Å². The van der Waals surface area contributed by atoms with Crippen molar-refractivity contribution in [3.05, 3.63) is 53.1 Å². The predicted molar refractivity (Wildman–Crippen MR) is 88.5 cm³/mol. The highest BCUT2D eigenvalue weighted by atomic mass is 35.5. The number of carbonyl (C=O) groups excluding carboxylic acids is 1. The standard InChI is InChI=1S/C16H16ClNO2S/c1-11-5-3-4-6-15(11)21-10-16(19)18-12-7-8-14(20-2)13(17)9-12/h3-9H,10H2,1-2H3,(H,18,19). The number of nitrogens with one attached hydrogen (secondary N) is 1. The Balaban J connectivity index is 1.93. The quantitative estimate of drug-likeness (QED) is 0.830. The van der Waals surface area contributed by atoms with Crippen LogP contribution >= 0.6 is 23.4 Å². The zero-order valence-electron chi connectivity index (χ0n) is 11.9. The number of amides is 1. The molecule has 0 fully saturated rings. The zero-order chi connectivity index (χ0) is 15.2. The number of anilines is 1. The van der Waals surface area contributed by atoms with Gasteiger partial charge in [0.15, 0.2) is 0 Å². The van der Waals surface area contributed by atoms with Crippen LogP contribution in [0.2, 0.25) is 5.02 Å². The molecule has 1 amide bonds. The Bertz CT molecular complexity index is 646. The SMILES string of the molecule is COc1ccc(NC(=O)CSc2ccccc2C)cc1Cl. The third-order valence-corrected chi connectivity index (χ3v) is 4.36. The van der Waals surface area contributed by atoms with E-state index in [-0.39, 0.29) is 5.91 Å². The Morgan fingerprint density at radius 3 is 2.71 bits per heavy atom. The minimum absolute atomic E-state index is 0.0653. The molecule has 5 heteroatoms. The van der Waals surface area contributed by atoms with Gasteiger partial charge in [-0.3, -0.25) is 4.79 Å². The zero-order valence-corrected chi connectivity index (χ0v) is 13.4. The Labute approximate surface area is 133 Å². The minimum atomic E-state index is -0.0653. The third-order valence-electron chi connectivity index (χ3n) is 2.89. The first-order chi connectivity index (χ1) is 10.1. The van der Waals surface area contributed by atoms with Gasteiger partial charge >= 0.3 is 0 Å². The van der Waals surface area contributed by atoms with Crippen LogP contribution in [0.25, 0.3) is 0 Å². The highest BCUT2D eigenvalue weighted by Crippen LogP contribution is 2.27. The van der Waals surface area contributed by atoms with E-state index in [2.05, 4.69) is 5.32 Å². The van der Waals surface area contributed by atoms with Gasteiger partial charge in [-0.25, -0.2) is 0 Å². The highest BCUT2D eigenvalue weighted by Gasteiger charge is 2.07. The van der Waals surface area contributed by atoms with E-state index in [0.29, 0.717) is 22.2 Å². The van der Waals surface area contributed by atoms with E-state index in [0.717, 1.165) is 4.90 Å². The maximum Gasteiger partial charge on any atom is 0.234 e. The number of carbonyl (C=O) groups is 1. The van der Waals surface area contributed by atoms with Crippen molar-refractivity contribution in [3.8, 4) is 5.75 Å². The van der Waals surface area contributed by atoms with E-state index < -0.39 is 0 Å². The van der Waals surface area contributed by atoms with Crippen LogP contribution in [0.15, 0.2) is 47.4 Å². The second kappa shape index (κ2) is 7.38. The summed E-state index contributed by atoms with van der Waals surface area (Å²) in [5.41, 5.74) is 1.83. The van der Waals surface area contributed by atoms with Gasteiger partial charge in [-0.05, 0) is 36.8 Å². The number of methoxy groups -OCH3 is 1. The van der Waals surface area contributed by atoms with E-state index in [1.54, 1.807) is 25.3 Å². The molecule has 0 bridgehead atoms. The fourth-order valence-electron chi connectivity index (χ4n) is 1.80. The van der Waals surface area contributed by atoms with Gasteiger partial charge in [0.2, 0.25) is 5.91 Å². The fraction of sp³-hybridized carbons (Fsp3) is 0.188. The van der Waals surface area contributed by atoms with Crippen molar-refractivity contribution in [2.75, 3.05) is 18.2 Å². The molecule has 3 nitrogen and oxygen atoms in total. The van der Waals surface area contributed by atoms with E-state index in [9.17, 15) is 4.79 Å². The van der Waals surface area contributed by atoms with Gasteiger partial charge in [0, 0.05) is 10.6 Å². The Kier molecular flexibility index (Phi) is 5.53. The number of halogens is 1. The molecule has 2 aromatic rings. The molecule has 0 heterocycles. The predicted octanol–water partition coefficient (Wildman–Crippen LogP) is 4.39. The van der Waals surface area contributed by atoms with Crippen LogP contribution in [-0.4, -0.2) is 18.8 Å². The average Bonchev–Trinajstić information content (AvgIpc) is 2.46. The molecule has 0 saturated heterocycles. The summed E-state index contributed by atoms with van der Waals surface area (Å²) in [7, 11) is 1.55.